The van der Waals surface area contributed by atoms with Gasteiger partial charge in [-0.3, -0.25) is 14.9 Å². The molecule has 0 bridgehead atoms. The van der Waals surface area contributed by atoms with Crippen LogP contribution in [0, 0.1) is 16.0 Å². The van der Waals surface area contributed by atoms with E-state index >= 15 is 0 Å². The van der Waals surface area contributed by atoms with Crippen LogP contribution in [0.4, 0.5) is 11.4 Å². The van der Waals surface area contributed by atoms with Crippen molar-refractivity contribution in [2.75, 3.05) is 31.1 Å². The Balaban J connectivity index is 1.83. The molecule has 1 N–H and O–H groups in total. The maximum Gasteiger partial charge on any atom is 0.293 e. The van der Waals surface area contributed by atoms with Crippen molar-refractivity contribution in [1.82, 2.24) is 4.90 Å². The van der Waals surface area contributed by atoms with E-state index in [1.54, 1.807) is 24.0 Å². The molecule has 2 fully saturated rings. The summed E-state index contributed by atoms with van der Waals surface area (Å²) in [5.41, 5.74) is 0.942. The molecular weight excluding hydrogens is 322 g/mol. The second kappa shape index (κ2) is 7.39. The quantitative estimate of drug-likeness (QED) is 0.668. The van der Waals surface area contributed by atoms with Crippen LogP contribution in [0.25, 0.3) is 0 Å². The Morgan fingerprint density at radius 2 is 2.00 bits per heavy atom. The number of carbonyl (C=O) groups excluding carboxylic acids is 1. The molecule has 2 atom stereocenters. The number of nitro benzene ring substituents is 1. The lowest BCUT2D eigenvalue weighted by Gasteiger charge is -2.34. The monoisotopic (exact) mass is 347 g/mol. The lowest BCUT2D eigenvalue weighted by atomic mass is 9.93. The van der Waals surface area contributed by atoms with Crippen LogP contribution in [0.3, 0.4) is 0 Å². The molecule has 2 unspecified atom stereocenters. The Bertz CT molecular complexity index is 656. The topological polar surface area (TPSA) is 86.9 Å². The first kappa shape index (κ1) is 17.7. The van der Waals surface area contributed by atoms with E-state index in [9.17, 15) is 20.0 Å². The molecule has 1 amide bonds. The SMILES string of the molecule is CC(O)C1CCCN(C(=O)c2ccc(N3CCCC3)c([N+](=O)[O-])c2)C1. The van der Waals surface area contributed by atoms with Gasteiger partial charge in [-0.1, -0.05) is 0 Å². The minimum Gasteiger partial charge on any atom is -0.393 e. The van der Waals surface area contributed by atoms with Gasteiger partial charge in [0, 0.05) is 43.7 Å². The van der Waals surface area contributed by atoms with Crippen LogP contribution in [-0.4, -0.2) is 53.1 Å². The molecule has 7 heteroatoms. The van der Waals surface area contributed by atoms with Crippen molar-refractivity contribution in [2.24, 2.45) is 5.92 Å². The lowest BCUT2D eigenvalue weighted by molar-refractivity contribution is -0.384. The van der Waals surface area contributed by atoms with E-state index in [0.29, 0.717) is 24.3 Å². The van der Waals surface area contributed by atoms with Gasteiger partial charge in [0.1, 0.15) is 5.69 Å². The fourth-order valence-electron chi connectivity index (χ4n) is 3.80. The number of hydrogen-bond acceptors (Lipinski definition) is 5. The van der Waals surface area contributed by atoms with Crippen molar-refractivity contribution in [2.45, 2.75) is 38.7 Å². The van der Waals surface area contributed by atoms with Gasteiger partial charge in [0.2, 0.25) is 0 Å². The highest BCUT2D eigenvalue weighted by atomic mass is 16.6. The number of anilines is 1. The zero-order valence-corrected chi connectivity index (χ0v) is 14.6. The van der Waals surface area contributed by atoms with E-state index in [4.69, 9.17) is 0 Å². The molecule has 3 rings (SSSR count). The highest BCUT2D eigenvalue weighted by Gasteiger charge is 2.29. The number of aliphatic hydroxyl groups is 1. The summed E-state index contributed by atoms with van der Waals surface area (Å²) in [5, 5.41) is 21.3. The molecule has 0 spiro atoms. The number of benzene rings is 1. The van der Waals surface area contributed by atoms with E-state index in [1.165, 1.54) is 6.07 Å². The van der Waals surface area contributed by atoms with Gasteiger partial charge < -0.3 is 14.9 Å². The van der Waals surface area contributed by atoms with Crippen molar-refractivity contribution in [3.8, 4) is 0 Å². The largest absolute Gasteiger partial charge is 0.393 e. The summed E-state index contributed by atoms with van der Waals surface area (Å²) in [5.74, 6) is -0.127. The molecule has 25 heavy (non-hydrogen) atoms. The van der Waals surface area contributed by atoms with Crippen LogP contribution in [0.2, 0.25) is 0 Å². The second-order valence-corrected chi connectivity index (χ2v) is 7.05. The van der Waals surface area contributed by atoms with Crippen LogP contribution in [0.1, 0.15) is 43.0 Å². The number of nitrogens with zero attached hydrogens (tertiary/aromatic N) is 3. The Labute approximate surface area is 147 Å². The number of piperidine rings is 1. The third kappa shape index (κ3) is 3.76. The summed E-state index contributed by atoms with van der Waals surface area (Å²) < 4.78 is 0. The van der Waals surface area contributed by atoms with E-state index in [-0.39, 0.29) is 17.5 Å². The second-order valence-electron chi connectivity index (χ2n) is 7.05. The van der Waals surface area contributed by atoms with Gasteiger partial charge in [0.05, 0.1) is 11.0 Å². The average Bonchev–Trinajstić information content (AvgIpc) is 3.15. The number of nitro groups is 1. The average molecular weight is 347 g/mol. The molecule has 2 aliphatic rings. The van der Waals surface area contributed by atoms with Crippen LogP contribution in [0.15, 0.2) is 18.2 Å². The van der Waals surface area contributed by atoms with Gasteiger partial charge in [0.15, 0.2) is 0 Å². The number of carbonyl (C=O) groups is 1. The van der Waals surface area contributed by atoms with Gasteiger partial charge in [-0.15, -0.1) is 0 Å². The lowest BCUT2D eigenvalue weighted by Crippen LogP contribution is -2.43. The summed E-state index contributed by atoms with van der Waals surface area (Å²) in [7, 11) is 0. The standard InChI is InChI=1S/C18H25N3O4/c1-13(22)15-5-4-10-20(12-15)18(23)14-6-7-16(17(11-14)21(24)25)19-8-2-3-9-19/h6-7,11,13,15,22H,2-5,8-10,12H2,1H3. The van der Waals surface area contributed by atoms with Crippen LogP contribution in [-0.2, 0) is 0 Å². The number of likely N-dealkylation sites (tertiary alicyclic amines) is 1. The summed E-state index contributed by atoms with van der Waals surface area (Å²) >= 11 is 0. The molecule has 0 aliphatic carbocycles. The molecular formula is C18H25N3O4. The van der Waals surface area contributed by atoms with Crippen molar-refractivity contribution in [1.29, 1.82) is 0 Å². The van der Waals surface area contributed by atoms with Crippen molar-refractivity contribution in [3.05, 3.63) is 33.9 Å². The first-order valence-electron chi connectivity index (χ1n) is 8.98. The first-order valence-corrected chi connectivity index (χ1v) is 8.98. The minimum absolute atomic E-state index is 0.00293. The van der Waals surface area contributed by atoms with Crippen LogP contribution in [0.5, 0.6) is 0 Å². The minimum atomic E-state index is -0.456. The molecule has 1 aromatic carbocycles. The van der Waals surface area contributed by atoms with Crippen molar-refractivity contribution >= 4 is 17.3 Å². The smallest absolute Gasteiger partial charge is 0.293 e. The van der Waals surface area contributed by atoms with Crippen molar-refractivity contribution < 1.29 is 14.8 Å². The van der Waals surface area contributed by atoms with Gasteiger partial charge in [0.25, 0.3) is 11.6 Å². The Kier molecular flexibility index (Phi) is 5.22. The molecule has 0 radical (unpaired) electrons. The normalized spacial score (nSPS) is 22.1. The van der Waals surface area contributed by atoms with Crippen LogP contribution < -0.4 is 4.90 Å². The number of amides is 1. The maximum atomic E-state index is 12.8. The highest BCUT2D eigenvalue weighted by Crippen LogP contribution is 2.32. The Morgan fingerprint density at radius 1 is 1.28 bits per heavy atom. The molecule has 2 saturated heterocycles. The third-order valence-electron chi connectivity index (χ3n) is 5.29. The molecule has 136 valence electrons. The fraction of sp³-hybridized carbons (Fsp3) is 0.611. The zero-order valence-electron chi connectivity index (χ0n) is 14.6. The van der Waals surface area contributed by atoms with E-state index in [0.717, 1.165) is 38.8 Å². The van der Waals surface area contributed by atoms with E-state index in [2.05, 4.69) is 0 Å². The predicted molar refractivity (Wildman–Crippen MR) is 94.9 cm³/mol. The highest BCUT2D eigenvalue weighted by molar-refractivity contribution is 5.96. The Morgan fingerprint density at radius 3 is 2.64 bits per heavy atom. The Hall–Kier alpha value is -2.15. The van der Waals surface area contributed by atoms with E-state index in [1.807, 2.05) is 4.90 Å². The van der Waals surface area contributed by atoms with Gasteiger partial charge >= 0.3 is 0 Å². The van der Waals surface area contributed by atoms with Crippen molar-refractivity contribution in [3.63, 3.8) is 0 Å². The van der Waals surface area contributed by atoms with Gasteiger partial charge in [-0.2, -0.15) is 0 Å². The maximum absolute atomic E-state index is 12.8. The first-order chi connectivity index (χ1) is 12.0. The summed E-state index contributed by atoms with van der Waals surface area (Å²) in [6, 6.07) is 4.80. The summed E-state index contributed by atoms with van der Waals surface area (Å²) in [6.07, 6.45) is 3.35. The number of rotatable bonds is 4. The molecule has 2 aliphatic heterocycles. The van der Waals surface area contributed by atoms with Crippen LogP contribution >= 0.6 is 0 Å². The predicted octanol–water partition coefficient (Wildman–Crippen LogP) is 2.43. The molecule has 0 aromatic heterocycles. The third-order valence-corrected chi connectivity index (χ3v) is 5.29. The molecule has 0 saturated carbocycles. The fourth-order valence-corrected chi connectivity index (χ4v) is 3.80. The molecule has 2 heterocycles. The zero-order chi connectivity index (χ0) is 18.0. The molecule has 1 aromatic rings. The number of aliphatic hydroxyl groups excluding tert-OH is 1. The summed E-state index contributed by atoms with van der Waals surface area (Å²) in [4.78, 5) is 27.6. The van der Waals surface area contributed by atoms with Gasteiger partial charge in [-0.25, -0.2) is 0 Å². The number of hydrogen-bond donors (Lipinski definition) is 1. The summed E-state index contributed by atoms with van der Waals surface area (Å²) in [6.45, 7) is 4.50. The van der Waals surface area contributed by atoms with E-state index < -0.39 is 11.0 Å². The molecule has 7 nitrogen and oxygen atoms in total. The van der Waals surface area contributed by atoms with Gasteiger partial charge in [-0.05, 0) is 44.7 Å².